The van der Waals surface area contributed by atoms with Crippen molar-refractivity contribution < 1.29 is 45.4 Å². The zero-order valence-corrected chi connectivity index (χ0v) is 18.5. The molecular weight excluding hydrogens is 539 g/mol. The Balaban J connectivity index is 1.93. The lowest BCUT2D eigenvalue weighted by Crippen LogP contribution is -2.42. The molecule has 0 heterocycles. The summed E-state index contributed by atoms with van der Waals surface area (Å²) in [6, 6.07) is 12.6. The van der Waals surface area contributed by atoms with E-state index in [4.69, 9.17) is 9.57 Å². The molecule has 1 N–H and O–H groups in total. The van der Waals surface area contributed by atoms with E-state index in [-0.39, 0.29) is 17.2 Å². The molecular formula is C22H15BrF7NO3. The van der Waals surface area contributed by atoms with Crippen LogP contribution in [0.4, 0.5) is 36.4 Å². The highest BCUT2D eigenvalue weighted by atomic mass is 79.9. The lowest BCUT2D eigenvalue weighted by atomic mass is 10.2. The topological polar surface area (TPSA) is 41.9 Å². The van der Waals surface area contributed by atoms with Crippen molar-refractivity contribution >= 4 is 21.6 Å². The molecule has 0 fully saturated rings. The van der Waals surface area contributed by atoms with Crippen LogP contribution in [0.2, 0.25) is 0 Å². The van der Waals surface area contributed by atoms with Gasteiger partial charge in [-0.2, -0.15) is 26.3 Å². The van der Waals surface area contributed by atoms with Crippen LogP contribution in [0.15, 0.2) is 71.2 Å². The molecule has 0 aliphatic heterocycles. The zero-order chi connectivity index (χ0) is 25.1. The van der Waals surface area contributed by atoms with Crippen LogP contribution in [-0.2, 0) is 6.18 Å². The lowest BCUT2D eigenvalue weighted by molar-refractivity contribution is -0.202. The van der Waals surface area contributed by atoms with Crippen molar-refractivity contribution in [2.45, 2.75) is 18.5 Å². The molecule has 3 aromatic rings. The standard InChI is InChI=1S/C22H15BrF7NO3/c23-14-7-8-18(24)19(10-14)33-16-5-2-4-15(11-16)31(12-20(32)22(28,29)30)34-17-6-1-3-13(9-17)21(25,26)27/h1-11,20,32H,12H2/t20-/m0/s1. The number of hydrogen-bond donors (Lipinski definition) is 1. The van der Waals surface area contributed by atoms with Crippen LogP contribution >= 0.6 is 15.9 Å². The molecule has 0 aliphatic carbocycles. The third kappa shape index (κ3) is 6.76. The number of aliphatic hydroxyl groups excluding tert-OH is 1. The van der Waals surface area contributed by atoms with E-state index in [2.05, 4.69) is 15.9 Å². The Labute approximate surface area is 197 Å². The van der Waals surface area contributed by atoms with Crippen LogP contribution < -0.4 is 14.6 Å². The highest BCUT2D eigenvalue weighted by Gasteiger charge is 2.40. The highest BCUT2D eigenvalue weighted by molar-refractivity contribution is 9.10. The third-order valence-electron chi connectivity index (χ3n) is 4.32. The van der Waals surface area contributed by atoms with Crippen LogP contribution in [0.3, 0.4) is 0 Å². The fourth-order valence-corrected chi connectivity index (χ4v) is 3.04. The first-order chi connectivity index (χ1) is 15.8. The second kappa shape index (κ2) is 10.1. The molecule has 0 amide bonds. The van der Waals surface area contributed by atoms with E-state index in [9.17, 15) is 35.8 Å². The predicted molar refractivity (Wildman–Crippen MR) is 112 cm³/mol. The van der Waals surface area contributed by atoms with Crippen LogP contribution in [0.5, 0.6) is 17.2 Å². The number of nitrogens with zero attached hydrogens (tertiary/aromatic N) is 1. The minimum atomic E-state index is -5.02. The van der Waals surface area contributed by atoms with Gasteiger partial charge in [-0.3, -0.25) is 0 Å². The Bertz CT molecular complexity index is 1140. The lowest BCUT2D eigenvalue weighted by Gasteiger charge is -2.28. The number of benzene rings is 3. The molecule has 0 unspecified atom stereocenters. The zero-order valence-electron chi connectivity index (χ0n) is 16.9. The van der Waals surface area contributed by atoms with Crippen LogP contribution in [-0.4, -0.2) is 23.9 Å². The van der Waals surface area contributed by atoms with Crippen molar-refractivity contribution in [3.05, 3.63) is 82.6 Å². The molecule has 3 aromatic carbocycles. The number of alkyl halides is 6. The maximum absolute atomic E-state index is 14.0. The molecule has 0 bridgehead atoms. The van der Waals surface area contributed by atoms with Gasteiger partial charge >= 0.3 is 12.4 Å². The molecule has 12 heteroatoms. The molecule has 0 spiro atoms. The number of ether oxygens (including phenoxy) is 1. The van der Waals surface area contributed by atoms with Gasteiger partial charge in [0.1, 0.15) is 5.75 Å². The molecule has 4 nitrogen and oxygen atoms in total. The first kappa shape index (κ1) is 25.6. The Morgan fingerprint density at radius 1 is 0.882 bits per heavy atom. The van der Waals surface area contributed by atoms with Crippen molar-refractivity contribution in [2.24, 2.45) is 0 Å². The molecule has 0 saturated heterocycles. The van der Waals surface area contributed by atoms with Gasteiger partial charge < -0.3 is 14.7 Å². The first-order valence-electron chi connectivity index (χ1n) is 9.43. The van der Waals surface area contributed by atoms with Gasteiger partial charge in [-0.05, 0) is 48.5 Å². The van der Waals surface area contributed by atoms with E-state index in [1.807, 2.05) is 0 Å². The van der Waals surface area contributed by atoms with Gasteiger partial charge in [0.15, 0.2) is 23.4 Å². The van der Waals surface area contributed by atoms with Gasteiger partial charge in [-0.15, -0.1) is 0 Å². The van der Waals surface area contributed by atoms with Gasteiger partial charge in [0.05, 0.1) is 17.8 Å². The first-order valence-corrected chi connectivity index (χ1v) is 10.2. The maximum atomic E-state index is 14.0. The summed E-state index contributed by atoms with van der Waals surface area (Å²) < 4.78 is 97.9. The second-order valence-electron chi connectivity index (χ2n) is 6.91. The van der Waals surface area contributed by atoms with Crippen molar-refractivity contribution in [2.75, 3.05) is 11.6 Å². The summed E-state index contributed by atoms with van der Waals surface area (Å²) >= 11 is 3.16. The Hall–Kier alpha value is -2.99. The van der Waals surface area contributed by atoms with Gasteiger partial charge in [-0.25, -0.2) is 9.45 Å². The summed E-state index contributed by atoms with van der Waals surface area (Å²) in [7, 11) is 0. The fraction of sp³-hybridized carbons (Fsp3) is 0.182. The number of hydrogen-bond acceptors (Lipinski definition) is 4. The maximum Gasteiger partial charge on any atom is 0.416 e. The molecule has 0 saturated carbocycles. The van der Waals surface area contributed by atoms with E-state index < -0.39 is 42.1 Å². The fourth-order valence-electron chi connectivity index (χ4n) is 2.70. The molecule has 182 valence electrons. The smallest absolute Gasteiger partial charge is 0.416 e. The number of hydroxylamine groups is 1. The Morgan fingerprint density at radius 2 is 1.56 bits per heavy atom. The largest absolute Gasteiger partial charge is 0.454 e. The summed E-state index contributed by atoms with van der Waals surface area (Å²) in [4.78, 5) is 5.29. The normalized spacial score (nSPS) is 12.9. The average molecular weight is 554 g/mol. The van der Waals surface area contributed by atoms with Crippen molar-refractivity contribution in [1.82, 2.24) is 0 Å². The summed E-state index contributed by atoms with van der Waals surface area (Å²) in [5.74, 6) is -1.33. The van der Waals surface area contributed by atoms with Crippen LogP contribution in [0.25, 0.3) is 0 Å². The van der Waals surface area contributed by atoms with E-state index >= 15 is 0 Å². The quantitative estimate of drug-likeness (QED) is 0.250. The Morgan fingerprint density at radius 3 is 2.24 bits per heavy atom. The Kier molecular flexibility index (Phi) is 7.61. The van der Waals surface area contributed by atoms with E-state index in [0.29, 0.717) is 15.6 Å². The minimum Gasteiger partial charge on any atom is -0.454 e. The number of halogens is 8. The molecule has 0 aliphatic rings. The summed E-state index contributed by atoms with van der Waals surface area (Å²) in [6.07, 6.45) is -12.6. The minimum absolute atomic E-state index is 0.00589. The SMILES string of the molecule is O[C@@H](CN(Oc1cccc(C(F)(F)F)c1)c1cccc(Oc2cc(Br)ccc2F)c1)C(F)(F)F. The van der Waals surface area contributed by atoms with E-state index in [1.54, 1.807) is 0 Å². The van der Waals surface area contributed by atoms with Gasteiger partial charge in [0, 0.05) is 10.5 Å². The van der Waals surface area contributed by atoms with Crippen molar-refractivity contribution in [3.63, 3.8) is 0 Å². The van der Waals surface area contributed by atoms with E-state index in [0.717, 1.165) is 24.3 Å². The summed E-state index contributed by atoms with van der Waals surface area (Å²) in [6.45, 7) is -1.17. The number of anilines is 1. The van der Waals surface area contributed by atoms with Crippen LogP contribution in [0.1, 0.15) is 5.56 Å². The highest BCUT2D eigenvalue weighted by Crippen LogP contribution is 2.34. The number of rotatable bonds is 7. The van der Waals surface area contributed by atoms with E-state index in [1.165, 1.54) is 36.4 Å². The third-order valence-corrected chi connectivity index (χ3v) is 4.81. The molecule has 0 aromatic heterocycles. The monoisotopic (exact) mass is 553 g/mol. The second-order valence-corrected chi connectivity index (χ2v) is 7.83. The average Bonchev–Trinajstić information content (AvgIpc) is 2.75. The molecule has 3 rings (SSSR count). The van der Waals surface area contributed by atoms with Crippen LogP contribution in [0, 0.1) is 5.82 Å². The van der Waals surface area contributed by atoms with Crippen molar-refractivity contribution in [3.8, 4) is 17.2 Å². The summed E-state index contributed by atoms with van der Waals surface area (Å²) in [5.41, 5.74) is -1.18. The van der Waals surface area contributed by atoms with Crippen molar-refractivity contribution in [1.29, 1.82) is 0 Å². The van der Waals surface area contributed by atoms with Gasteiger partial charge in [0.2, 0.25) is 0 Å². The molecule has 1 atom stereocenters. The number of aliphatic hydroxyl groups is 1. The van der Waals surface area contributed by atoms with Gasteiger partial charge in [-0.1, -0.05) is 28.1 Å². The summed E-state index contributed by atoms with van der Waals surface area (Å²) in [5, 5.41) is 10.1. The molecule has 34 heavy (non-hydrogen) atoms. The predicted octanol–water partition coefficient (Wildman–Crippen LogP) is 7.12. The molecule has 0 radical (unpaired) electrons. The van der Waals surface area contributed by atoms with Gasteiger partial charge in [0.25, 0.3) is 0 Å².